The van der Waals surface area contributed by atoms with Crippen LogP contribution in [0.5, 0.6) is 5.75 Å². The second-order valence-electron chi connectivity index (χ2n) is 3.93. The Hall–Kier alpha value is -1.00. The van der Waals surface area contributed by atoms with E-state index in [0.717, 1.165) is 16.5 Å². The van der Waals surface area contributed by atoms with Crippen molar-refractivity contribution in [1.29, 1.82) is 0 Å². The van der Waals surface area contributed by atoms with Crippen LogP contribution < -0.4 is 4.74 Å². The van der Waals surface area contributed by atoms with Gasteiger partial charge in [0.05, 0.1) is 5.69 Å². The second kappa shape index (κ2) is 5.56. The van der Waals surface area contributed by atoms with Crippen LogP contribution in [-0.4, -0.2) is 4.98 Å². The highest BCUT2D eigenvalue weighted by Gasteiger charge is 2.02. The molecule has 2 rings (SSSR count). The number of aromatic nitrogens is 1. The molecule has 0 radical (unpaired) electrons. The van der Waals surface area contributed by atoms with Crippen LogP contribution in [0.15, 0.2) is 23.6 Å². The number of benzene rings is 1. The van der Waals surface area contributed by atoms with Gasteiger partial charge in [0.1, 0.15) is 17.4 Å². The van der Waals surface area contributed by atoms with Gasteiger partial charge in [-0.15, -0.1) is 11.3 Å². The molecule has 0 saturated carbocycles. The zero-order chi connectivity index (χ0) is 12.3. The van der Waals surface area contributed by atoms with Crippen LogP contribution in [-0.2, 0) is 12.4 Å². The average molecular weight is 265 g/mol. The van der Waals surface area contributed by atoms with Crippen molar-refractivity contribution in [3.8, 4) is 5.75 Å². The summed E-state index contributed by atoms with van der Waals surface area (Å²) < 4.78 is 5.71. The maximum absolute atomic E-state index is 5.71. The van der Waals surface area contributed by atoms with E-state index < -0.39 is 0 Å². The summed E-state index contributed by atoms with van der Waals surface area (Å²) in [6.07, 6.45) is 0. The minimum Gasteiger partial charge on any atom is -0.486 e. The van der Waals surface area contributed by atoms with Crippen molar-refractivity contribution in [2.24, 2.45) is 0 Å². The number of rotatable bonds is 4. The fraction of sp³-hybridized carbons (Fsp3) is 0.308. The maximum atomic E-state index is 5.71. The lowest BCUT2D eigenvalue weighted by molar-refractivity contribution is 0.305. The first-order valence-corrected chi connectivity index (χ1v) is 6.94. The molecule has 1 aromatic heterocycles. The van der Waals surface area contributed by atoms with E-state index in [1.165, 1.54) is 11.1 Å². The van der Waals surface area contributed by atoms with Crippen LogP contribution in [0, 0.1) is 13.8 Å². The summed E-state index contributed by atoms with van der Waals surface area (Å²) in [6.45, 7) is 4.71. The Kier molecular flexibility index (Phi) is 4.07. The highest BCUT2D eigenvalue weighted by atomic mass is 32.1. The summed E-state index contributed by atoms with van der Waals surface area (Å²) in [5.74, 6) is 1.58. The van der Waals surface area contributed by atoms with E-state index in [4.69, 9.17) is 4.74 Å². The molecule has 0 N–H and O–H groups in total. The second-order valence-corrected chi connectivity index (χ2v) is 5.18. The molecule has 1 aromatic carbocycles. The molecule has 2 nitrogen and oxygen atoms in total. The molecular formula is C13H15NOS2. The van der Waals surface area contributed by atoms with Gasteiger partial charge < -0.3 is 4.74 Å². The lowest BCUT2D eigenvalue weighted by Crippen LogP contribution is -1.96. The molecule has 90 valence electrons. The number of thiazole rings is 1. The first-order valence-electron chi connectivity index (χ1n) is 5.43. The van der Waals surface area contributed by atoms with E-state index in [1.54, 1.807) is 11.3 Å². The Morgan fingerprint density at radius 3 is 2.76 bits per heavy atom. The molecule has 4 heteroatoms. The zero-order valence-corrected chi connectivity index (χ0v) is 11.6. The van der Waals surface area contributed by atoms with Gasteiger partial charge in [0, 0.05) is 11.1 Å². The molecule has 0 aliphatic carbocycles. The molecular weight excluding hydrogens is 250 g/mol. The standard InChI is InChI=1S/C13H15NOS2/c1-9-3-4-12(5-10(9)2)15-6-13-14-11(7-16)8-17-13/h3-5,8,16H,6-7H2,1-2H3. The van der Waals surface area contributed by atoms with Crippen molar-refractivity contribution in [2.75, 3.05) is 0 Å². The van der Waals surface area contributed by atoms with Gasteiger partial charge in [-0.2, -0.15) is 12.6 Å². The number of hydrogen-bond acceptors (Lipinski definition) is 4. The molecule has 0 bridgehead atoms. The van der Waals surface area contributed by atoms with Gasteiger partial charge in [-0.25, -0.2) is 4.98 Å². The van der Waals surface area contributed by atoms with Crippen molar-refractivity contribution >= 4 is 24.0 Å². The third kappa shape index (κ3) is 3.23. The summed E-state index contributed by atoms with van der Waals surface area (Å²) in [6, 6.07) is 6.13. The van der Waals surface area contributed by atoms with Gasteiger partial charge in [0.2, 0.25) is 0 Å². The van der Waals surface area contributed by atoms with Crippen LogP contribution in [0.25, 0.3) is 0 Å². The van der Waals surface area contributed by atoms with Gasteiger partial charge in [0.25, 0.3) is 0 Å². The highest BCUT2D eigenvalue weighted by Crippen LogP contribution is 2.19. The molecule has 0 amide bonds. The summed E-state index contributed by atoms with van der Waals surface area (Å²) in [5.41, 5.74) is 3.54. The van der Waals surface area contributed by atoms with Crippen LogP contribution in [0.1, 0.15) is 21.8 Å². The maximum Gasteiger partial charge on any atom is 0.140 e. The summed E-state index contributed by atoms with van der Waals surface area (Å²) in [5, 5.41) is 3.01. The molecule has 0 saturated heterocycles. The monoisotopic (exact) mass is 265 g/mol. The van der Waals surface area contributed by atoms with Gasteiger partial charge in [-0.3, -0.25) is 0 Å². The summed E-state index contributed by atoms with van der Waals surface area (Å²) in [4.78, 5) is 4.40. The minimum absolute atomic E-state index is 0.529. The first kappa shape index (κ1) is 12.5. The molecule has 1 heterocycles. The molecule has 0 spiro atoms. The van der Waals surface area contributed by atoms with Gasteiger partial charge in [-0.1, -0.05) is 6.07 Å². The Balaban J connectivity index is 1.99. The Labute approximate surface area is 111 Å². The van der Waals surface area contributed by atoms with Crippen molar-refractivity contribution in [3.05, 3.63) is 45.4 Å². The van der Waals surface area contributed by atoms with Crippen LogP contribution >= 0.6 is 24.0 Å². The Bertz CT molecular complexity index is 508. The van der Waals surface area contributed by atoms with E-state index in [9.17, 15) is 0 Å². The number of ether oxygens (including phenoxy) is 1. The smallest absolute Gasteiger partial charge is 0.140 e. The Morgan fingerprint density at radius 2 is 2.12 bits per heavy atom. The molecule has 17 heavy (non-hydrogen) atoms. The fourth-order valence-corrected chi connectivity index (χ4v) is 2.43. The zero-order valence-electron chi connectivity index (χ0n) is 9.93. The lowest BCUT2D eigenvalue weighted by atomic mass is 10.1. The van der Waals surface area contributed by atoms with Crippen LogP contribution in [0.4, 0.5) is 0 Å². The SMILES string of the molecule is Cc1ccc(OCc2nc(CS)cs2)cc1C. The van der Waals surface area contributed by atoms with Crippen LogP contribution in [0.2, 0.25) is 0 Å². The van der Waals surface area contributed by atoms with Gasteiger partial charge in [0.15, 0.2) is 0 Å². The number of nitrogens with zero attached hydrogens (tertiary/aromatic N) is 1. The van der Waals surface area contributed by atoms with E-state index in [1.807, 2.05) is 11.4 Å². The van der Waals surface area contributed by atoms with Crippen molar-refractivity contribution in [3.63, 3.8) is 0 Å². The topological polar surface area (TPSA) is 22.1 Å². The third-order valence-electron chi connectivity index (χ3n) is 2.60. The first-order chi connectivity index (χ1) is 8.19. The predicted molar refractivity (Wildman–Crippen MR) is 75.1 cm³/mol. The van der Waals surface area contributed by atoms with Gasteiger partial charge >= 0.3 is 0 Å². The normalized spacial score (nSPS) is 10.5. The third-order valence-corrected chi connectivity index (χ3v) is 3.80. The summed E-state index contributed by atoms with van der Waals surface area (Å²) in [7, 11) is 0. The molecule has 0 unspecified atom stereocenters. The van der Waals surface area contributed by atoms with Crippen molar-refractivity contribution < 1.29 is 4.74 Å². The van der Waals surface area contributed by atoms with Crippen molar-refractivity contribution in [2.45, 2.75) is 26.2 Å². The molecule has 0 atom stereocenters. The van der Waals surface area contributed by atoms with Gasteiger partial charge in [-0.05, 0) is 37.1 Å². The Morgan fingerprint density at radius 1 is 1.29 bits per heavy atom. The van der Waals surface area contributed by atoms with Crippen molar-refractivity contribution in [1.82, 2.24) is 4.98 Å². The molecule has 0 fully saturated rings. The number of hydrogen-bond donors (Lipinski definition) is 1. The van der Waals surface area contributed by atoms with E-state index in [0.29, 0.717) is 12.4 Å². The van der Waals surface area contributed by atoms with E-state index in [-0.39, 0.29) is 0 Å². The molecule has 2 aromatic rings. The largest absolute Gasteiger partial charge is 0.486 e. The fourth-order valence-electron chi connectivity index (χ4n) is 1.44. The predicted octanol–water partition coefficient (Wildman–Crippen LogP) is 3.77. The van der Waals surface area contributed by atoms with Crippen LogP contribution in [0.3, 0.4) is 0 Å². The molecule has 0 aliphatic rings. The van der Waals surface area contributed by atoms with E-state index >= 15 is 0 Å². The lowest BCUT2D eigenvalue weighted by Gasteiger charge is -2.06. The summed E-state index contributed by atoms with van der Waals surface area (Å²) >= 11 is 5.81. The minimum atomic E-state index is 0.529. The highest BCUT2D eigenvalue weighted by molar-refractivity contribution is 7.79. The number of aryl methyl sites for hydroxylation is 2. The quantitative estimate of drug-likeness (QED) is 0.850. The number of thiol groups is 1. The van der Waals surface area contributed by atoms with E-state index in [2.05, 4.69) is 43.6 Å². The molecule has 0 aliphatic heterocycles. The average Bonchev–Trinajstić information content (AvgIpc) is 2.79.